The number of rotatable bonds is 9. The van der Waals surface area contributed by atoms with E-state index < -0.39 is 5.97 Å². The quantitative estimate of drug-likeness (QED) is 0.185. The summed E-state index contributed by atoms with van der Waals surface area (Å²) in [5.41, 5.74) is 14.5. The summed E-state index contributed by atoms with van der Waals surface area (Å²) in [5, 5.41) is 0. The molecule has 2 aromatic rings. The number of nitrogen functional groups attached to an aromatic ring is 2. The molecule has 1 saturated carbocycles. The van der Waals surface area contributed by atoms with Gasteiger partial charge in [-0.3, -0.25) is 4.79 Å². The molecule has 2 aromatic carbocycles. The number of carbonyl (C=O) groups is 2. The molecule has 0 amide bonds. The van der Waals surface area contributed by atoms with Crippen LogP contribution < -0.4 is 16.2 Å². The van der Waals surface area contributed by atoms with E-state index in [0.29, 0.717) is 29.5 Å². The zero-order valence-electron chi connectivity index (χ0n) is 18.9. The lowest BCUT2D eigenvalue weighted by atomic mass is 9.80. The maximum Gasteiger partial charge on any atom is 0.330 e. The van der Waals surface area contributed by atoms with Gasteiger partial charge < -0.3 is 20.9 Å². The second-order valence-corrected chi connectivity index (χ2v) is 8.44. The Morgan fingerprint density at radius 1 is 1.03 bits per heavy atom. The molecule has 33 heavy (non-hydrogen) atoms. The van der Waals surface area contributed by atoms with Gasteiger partial charge in [-0.1, -0.05) is 24.3 Å². The Morgan fingerprint density at radius 3 is 2.42 bits per heavy atom. The van der Waals surface area contributed by atoms with Crippen LogP contribution in [0, 0.1) is 11.8 Å². The average Bonchev–Trinajstić information content (AvgIpc) is 2.81. The number of nitrogens with two attached hydrogens (primary N) is 2. The zero-order valence-corrected chi connectivity index (χ0v) is 18.9. The number of benzene rings is 2. The molecular formula is C27H32N2O4. The van der Waals surface area contributed by atoms with E-state index in [2.05, 4.69) is 6.58 Å². The fourth-order valence-corrected chi connectivity index (χ4v) is 4.03. The van der Waals surface area contributed by atoms with Gasteiger partial charge in [0.15, 0.2) is 0 Å². The summed E-state index contributed by atoms with van der Waals surface area (Å²) in [6, 6.07) is 12.3. The molecule has 1 aliphatic carbocycles. The molecule has 174 valence electrons. The van der Waals surface area contributed by atoms with E-state index >= 15 is 0 Å². The minimum atomic E-state index is -0.438. The van der Waals surface area contributed by atoms with Gasteiger partial charge >= 0.3 is 11.9 Å². The second-order valence-electron chi connectivity index (χ2n) is 8.44. The van der Waals surface area contributed by atoms with Gasteiger partial charge in [0.1, 0.15) is 5.75 Å². The van der Waals surface area contributed by atoms with Crippen LogP contribution in [-0.4, -0.2) is 18.5 Å². The topological polar surface area (TPSA) is 105 Å². The Morgan fingerprint density at radius 2 is 1.76 bits per heavy atom. The lowest BCUT2D eigenvalue weighted by Crippen LogP contribution is -2.25. The van der Waals surface area contributed by atoms with Crippen molar-refractivity contribution in [1.29, 1.82) is 0 Å². The summed E-state index contributed by atoms with van der Waals surface area (Å²) < 4.78 is 10.8. The highest BCUT2D eigenvalue weighted by Gasteiger charge is 2.27. The van der Waals surface area contributed by atoms with Crippen molar-refractivity contribution < 1.29 is 19.1 Å². The van der Waals surface area contributed by atoms with Gasteiger partial charge in [-0.2, -0.15) is 0 Å². The number of ether oxygens (including phenoxy) is 2. The lowest BCUT2D eigenvalue weighted by Gasteiger charge is -2.26. The highest BCUT2D eigenvalue weighted by Crippen LogP contribution is 2.32. The standard InChI is InChI=1S/C27H32N2O4/c1-2-3-19-4-9-22(10-5-19)27(31)33-24-13-6-20(7-14-24)8-15-26(30)32-17-16-21-11-12-23(28)18-25(21)29/h2,6-8,11-15,18-19,22H,1,3-5,9-10,16-17,28-29H2. The van der Waals surface area contributed by atoms with E-state index in [1.54, 1.807) is 42.5 Å². The normalized spacial score (nSPS) is 18.1. The maximum absolute atomic E-state index is 12.4. The van der Waals surface area contributed by atoms with Crippen molar-refractivity contribution in [3.63, 3.8) is 0 Å². The zero-order chi connectivity index (χ0) is 23.6. The highest BCUT2D eigenvalue weighted by molar-refractivity contribution is 5.87. The first-order chi connectivity index (χ1) is 15.9. The third-order valence-corrected chi connectivity index (χ3v) is 5.98. The fourth-order valence-electron chi connectivity index (χ4n) is 4.03. The number of hydrogen-bond donors (Lipinski definition) is 2. The fraction of sp³-hybridized carbons (Fsp3) is 0.333. The molecule has 0 spiro atoms. The van der Waals surface area contributed by atoms with E-state index in [1.165, 1.54) is 6.08 Å². The van der Waals surface area contributed by atoms with Crippen LogP contribution in [0.3, 0.4) is 0 Å². The van der Waals surface area contributed by atoms with Gasteiger partial charge in [0.25, 0.3) is 0 Å². The first-order valence-electron chi connectivity index (χ1n) is 11.4. The predicted molar refractivity (Wildman–Crippen MR) is 131 cm³/mol. The molecule has 6 nitrogen and oxygen atoms in total. The molecule has 1 fully saturated rings. The van der Waals surface area contributed by atoms with Crippen molar-refractivity contribution in [1.82, 2.24) is 0 Å². The largest absolute Gasteiger partial charge is 0.462 e. The van der Waals surface area contributed by atoms with Crippen LogP contribution in [0.15, 0.2) is 61.2 Å². The van der Waals surface area contributed by atoms with Crippen molar-refractivity contribution in [3.8, 4) is 5.75 Å². The molecule has 0 bridgehead atoms. The molecular weight excluding hydrogens is 416 g/mol. The van der Waals surface area contributed by atoms with Gasteiger partial charge in [0.05, 0.1) is 12.5 Å². The number of anilines is 2. The molecule has 0 heterocycles. The van der Waals surface area contributed by atoms with E-state index in [-0.39, 0.29) is 18.5 Å². The molecule has 4 N–H and O–H groups in total. The highest BCUT2D eigenvalue weighted by atomic mass is 16.5. The van der Waals surface area contributed by atoms with E-state index in [0.717, 1.165) is 43.2 Å². The van der Waals surface area contributed by atoms with Crippen LogP contribution in [0.4, 0.5) is 11.4 Å². The summed E-state index contributed by atoms with van der Waals surface area (Å²) in [6.07, 6.45) is 10.3. The number of allylic oxidation sites excluding steroid dienone is 1. The van der Waals surface area contributed by atoms with Gasteiger partial charge in [-0.15, -0.1) is 6.58 Å². The summed E-state index contributed by atoms with van der Waals surface area (Å²) >= 11 is 0. The minimum absolute atomic E-state index is 0.0380. The van der Waals surface area contributed by atoms with Crippen molar-refractivity contribution in [2.24, 2.45) is 11.8 Å². The van der Waals surface area contributed by atoms with Crippen molar-refractivity contribution >= 4 is 29.4 Å². The van der Waals surface area contributed by atoms with Gasteiger partial charge in [0.2, 0.25) is 0 Å². The van der Waals surface area contributed by atoms with E-state index in [4.69, 9.17) is 20.9 Å². The first-order valence-corrected chi connectivity index (χ1v) is 11.4. The summed E-state index contributed by atoms with van der Waals surface area (Å²) in [7, 11) is 0. The SMILES string of the molecule is C=CCC1CCC(C(=O)Oc2ccc(C=CC(=O)OCCc3ccc(N)cc3N)cc2)CC1. The number of carbonyl (C=O) groups excluding carboxylic acids is 2. The second kappa shape index (κ2) is 11.9. The van der Waals surface area contributed by atoms with Crippen LogP contribution in [-0.2, 0) is 20.7 Å². The van der Waals surface area contributed by atoms with Crippen molar-refractivity contribution in [2.75, 3.05) is 18.1 Å². The van der Waals surface area contributed by atoms with E-state index in [9.17, 15) is 9.59 Å². The summed E-state index contributed by atoms with van der Waals surface area (Å²) in [5.74, 6) is 0.505. The monoisotopic (exact) mass is 448 g/mol. The predicted octanol–water partition coefficient (Wildman–Crippen LogP) is 4.94. The maximum atomic E-state index is 12.4. The van der Waals surface area contributed by atoms with Gasteiger partial charge in [-0.05, 0) is 79.5 Å². The van der Waals surface area contributed by atoms with Crippen molar-refractivity contribution in [2.45, 2.75) is 38.5 Å². The van der Waals surface area contributed by atoms with Crippen LogP contribution in [0.1, 0.15) is 43.2 Å². The molecule has 3 rings (SSSR count). The average molecular weight is 449 g/mol. The van der Waals surface area contributed by atoms with Crippen LogP contribution in [0.5, 0.6) is 5.75 Å². The van der Waals surface area contributed by atoms with Crippen LogP contribution in [0.2, 0.25) is 0 Å². The summed E-state index contributed by atoms with van der Waals surface area (Å²) in [6.45, 7) is 4.02. The van der Waals surface area contributed by atoms with Crippen LogP contribution in [0.25, 0.3) is 6.08 Å². The smallest absolute Gasteiger partial charge is 0.330 e. The molecule has 0 atom stereocenters. The van der Waals surface area contributed by atoms with Gasteiger partial charge in [0, 0.05) is 23.9 Å². The first kappa shape index (κ1) is 24.1. The van der Waals surface area contributed by atoms with Gasteiger partial charge in [-0.25, -0.2) is 4.79 Å². The third-order valence-electron chi connectivity index (χ3n) is 5.98. The molecule has 0 aliphatic heterocycles. The summed E-state index contributed by atoms with van der Waals surface area (Å²) in [4.78, 5) is 24.4. The Bertz CT molecular complexity index is 990. The number of esters is 2. The third kappa shape index (κ3) is 7.52. The Labute approximate surface area is 195 Å². The molecule has 6 heteroatoms. The number of hydrogen-bond acceptors (Lipinski definition) is 6. The molecule has 0 saturated heterocycles. The molecule has 1 aliphatic rings. The molecule has 0 radical (unpaired) electrons. The van der Waals surface area contributed by atoms with Crippen molar-refractivity contribution in [3.05, 3.63) is 72.3 Å². The molecule has 0 unspecified atom stereocenters. The lowest BCUT2D eigenvalue weighted by molar-refractivity contribution is -0.140. The van der Waals surface area contributed by atoms with Crippen LogP contribution >= 0.6 is 0 Å². The molecule has 0 aromatic heterocycles. The Balaban J connectivity index is 1.41. The Kier molecular flexibility index (Phi) is 8.70. The minimum Gasteiger partial charge on any atom is -0.462 e. The Hall–Kier alpha value is -3.54. The van der Waals surface area contributed by atoms with E-state index in [1.807, 2.05) is 12.1 Å².